The molecular formula is C17H13F2N3O3. The van der Waals surface area contributed by atoms with Crippen molar-refractivity contribution in [2.45, 2.75) is 6.92 Å². The fourth-order valence-electron chi connectivity index (χ4n) is 2.34. The molecule has 0 radical (unpaired) electrons. The first-order chi connectivity index (χ1) is 11.9. The van der Waals surface area contributed by atoms with Crippen molar-refractivity contribution >= 4 is 28.6 Å². The number of hydrogen-bond acceptors (Lipinski definition) is 4. The fraction of sp³-hybridized carbons (Fsp3) is 0.118. The van der Waals surface area contributed by atoms with Crippen molar-refractivity contribution in [3.8, 4) is 11.1 Å². The maximum atomic E-state index is 13.9. The van der Waals surface area contributed by atoms with Gasteiger partial charge in [-0.1, -0.05) is 6.07 Å². The Morgan fingerprint density at radius 3 is 2.72 bits per heavy atom. The van der Waals surface area contributed by atoms with E-state index in [1.54, 1.807) is 18.2 Å². The van der Waals surface area contributed by atoms with E-state index in [9.17, 15) is 18.4 Å². The molecule has 6 nitrogen and oxygen atoms in total. The van der Waals surface area contributed by atoms with Crippen LogP contribution in [0, 0.1) is 11.6 Å². The number of nitrogens with one attached hydrogen (secondary N) is 2. The fourth-order valence-corrected chi connectivity index (χ4v) is 2.34. The van der Waals surface area contributed by atoms with Gasteiger partial charge in [-0.3, -0.25) is 14.7 Å². The van der Waals surface area contributed by atoms with Crippen LogP contribution in [0.4, 0.5) is 14.6 Å². The van der Waals surface area contributed by atoms with Crippen LogP contribution < -0.4 is 5.32 Å². The number of hydrogen-bond donors (Lipinski definition) is 2. The summed E-state index contributed by atoms with van der Waals surface area (Å²) in [5.74, 6) is -2.15. The van der Waals surface area contributed by atoms with E-state index in [-0.39, 0.29) is 11.4 Å². The van der Waals surface area contributed by atoms with Crippen LogP contribution >= 0.6 is 0 Å². The molecule has 0 spiro atoms. The van der Waals surface area contributed by atoms with E-state index in [0.717, 1.165) is 6.07 Å². The lowest BCUT2D eigenvalue weighted by molar-refractivity contribution is -0.144. The molecule has 0 fully saturated rings. The summed E-state index contributed by atoms with van der Waals surface area (Å²) in [5.41, 5.74) is 1.34. The number of fused-ring (bicyclic) bond motifs is 1. The Kier molecular flexibility index (Phi) is 4.42. The van der Waals surface area contributed by atoms with Crippen LogP contribution in [0.2, 0.25) is 0 Å². The second-order valence-corrected chi connectivity index (χ2v) is 5.29. The first-order valence-corrected chi connectivity index (χ1v) is 7.31. The molecule has 25 heavy (non-hydrogen) atoms. The molecule has 0 atom stereocenters. The molecule has 128 valence electrons. The van der Waals surface area contributed by atoms with Crippen LogP contribution in [0.1, 0.15) is 6.92 Å². The van der Waals surface area contributed by atoms with Crippen molar-refractivity contribution in [1.82, 2.24) is 10.2 Å². The van der Waals surface area contributed by atoms with Gasteiger partial charge in [-0.05, 0) is 29.8 Å². The topological polar surface area (TPSA) is 84.1 Å². The summed E-state index contributed by atoms with van der Waals surface area (Å²) >= 11 is 0. The van der Waals surface area contributed by atoms with Gasteiger partial charge >= 0.3 is 5.97 Å². The summed E-state index contributed by atoms with van der Waals surface area (Å²) in [4.78, 5) is 22.4. The third-order valence-electron chi connectivity index (χ3n) is 3.47. The van der Waals surface area contributed by atoms with Crippen molar-refractivity contribution in [2.24, 2.45) is 0 Å². The number of amides is 1. The van der Waals surface area contributed by atoms with Crippen LogP contribution in [0.25, 0.3) is 22.0 Å². The molecule has 0 aliphatic heterocycles. The lowest BCUT2D eigenvalue weighted by atomic mass is 10.0. The van der Waals surface area contributed by atoms with Crippen molar-refractivity contribution in [3.63, 3.8) is 0 Å². The number of rotatable bonds is 4. The third-order valence-corrected chi connectivity index (χ3v) is 3.47. The lowest BCUT2D eigenvalue weighted by Crippen LogP contribution is -2.20. The van der Waals surface area contributed by atoms with Gasteiger partial charge in [-0.15, -0.1) is 0 Å². The van der Waals surface area contributed by atoms with E-state index in [0.29, 0.717) is 16.5 Å². The van der Waals surface area contributed by atoms with Crippen molar-refractivity contribution < 1.29 is 23.1 Å². The molecule has 0 aliphatic rings. The van der Waals surface area contributed by atoms with Gasteiger partial charge in [0.2, 0.25) is 0 Å². The Balaban J connectivity index is 1.86. The number of carbonyl (C=O) groups is 2. The minimum Gasteiger partial charge on any atom is -0.456 e. The second kappa shape index (κ2) is 6.68. The molecule has 0 aliphatic carbocycles. The summed E-state index contributed by atoms with van der Waals surface area (Å²) in [7, 11) is 0. The number of aromatic amines is 1. The Hall–Kier alpha value is -3.29. The van der Waals surface area contributed by atoms with Crippen LogP contribution in [0.5, 0.6) is 0 Å². The Morgan fingerprint density at radius 1 is 1.20 bits per heavy atom. The molecule has 1 aromatic heterocycles. The number of benzene rings is 2. The van der Waals surface area contributed by atoms with E-state index >= 15 is 0 Å². The zero-order valence-electron chi connectivity index (χ0n) is 13.1. The molecule has 0 bridgehead atoms. The molecule has 2 N–H and O–H groups in total. The molecule has 1 amide bonds. The maximum Gasteiger partial charge on any atom is 0.303 e. The lowest BCUT2D eigenvalue weighted by Gasteiger charge is -2.05. The first kappa shape index (κ1) is 16.6. The quantitative estimate of drug-likeness (QED) is 0.712. The van der Waals surface area contributed by atoms with E-state index in [4.69, 9.17) is 0 Å². The Bertz CT molecular complexity index is 969. The number of halogens is 2. The standard InChI is InChI=1S/C17H13F2N3O3/c1-9(23)25-8-16(24)20-17-13-4-2-10(6-15(13)21-22-17)12-5-3-11(18)7-14(12)19/h2-7H,8H2,1H3,(H2,20,21,22,24). The SMILES string of the molecule is CC(=O)OCC(=O)Nc1n[nH]c2cc(-c3ccc(F)cc3F)ccc12. The Morgan fingerprint density at radius 2 is 2.00 bits per heavy atom. The predicted octanol–water partition coefficient (Wildman–Crippen LogP) is 3.01. The summed E-state index contributed by atoms with van der Waals surface area (Å²) in [6, 6.07) is 8.27. The number of carbonyl (C=O) groups excluding carboxylic acids is 2. The van der Waals surface area contributed by atoms with Gasteiger partial charge in [0, 0.05) is 23.9 Å². The summed E-state index contributed by atoms with van der Waals surface area (Å²) in [6.07, 6.45) is 0. The first-order valence-electron chi connectivity index (χ1n) is 7.31. The highest BCUT2D eigenvalue weighted by Gasteiger charge is 2.13. The molecule has 1 heterocycles. The van der Waals surface area contributed by atoms with E-state index in [2.05, 4.69) is 20.3 Å². The molecule has 0 unspecified atom stereocenters. The van der Waals surface area contributed by atoms with Crippen molar-refractivity contribution in [3.05, 3.63) is 48.0 Å². The van der Waals surface area contributed by atoms with E-state index < -0.39 is 30.1 Å². The number of H-pyrrole nitrogens is 1. The number of aromatic nitrogens is 2. The minimum atomic E-state index is -0.672. The molecule has 8 heteroatoms. The van der Waals surface area contributed by atoms with E-state index in [1.165, 1.54) is 19.1 Å². The number of esters is 1. The average molecular weight is 345 g/mol. The monoisotopic (exact) mass is 345 g/mol. The highest BCUT2D eigenvalue weighted by Crippen LogP contribution is 2.28. The van der Waals surface area contributed by atoms with Crippen LogP contribution in [-0.4, -0.2) is 28.7 Å². The summed E-state index contributed by atoms with van der Waals surface area (Å²) in [5, 5.41) is 9.83. The van der Waals surface area contributed by atoms with E-state index in [1.807, 2.05) is 0 Å². The van der Waals surface area contributed by atoms with Crippen LogP contribution in [0.15, 0.2) is 36.4 Å². The number of nitrogens with zero attached hydrogens (tertiary/aromatic N) is 1. The van der Waals surface area contributed by atoms with Crippen LogP contribution in [-0.2, 0) is 14.3 Å². The van der Waals surface area contributed by atoms with Gasteiger partial charge in [0.05, 0.1) is 5.52 Å². The minimum absolute atomic E-state index is 0.248. The number of ether oxygens (including phenoxy) is 1. The molecule has 3 rings (SSSR count). The largest absolute Gasteiger partial charge is 0.456 e. The summed E-state index contributed by atoms with van der Waals surface area (Å²) in [6.45, 7) is 0.788. The summed E-state index contributed by atoms with van der Waals surface area (Å²) < 4.78 is 31.5. The average Bonchev–Trinajstić information content (AvgIpc) is 2.95. The molecule has 0 saturated carbocycles. The highest BCUT2D eigenvalue weighted by atomic mass is 19.1. The van der Waals surface area contributed by atoms with Gasteiger partial charge in [-0.2, -0.15) is 5.10 Å². The maximum absolute atomic E-state index is 13.9. The number of anilines is 1. The smallest absolute Gasteiger partial charge is 0.303 e. The molecule has 2 aromatic carbocycles. The van der Waals surface area contributed by atoms with Crippen molar-refractivity contribution in [1.29, 1.82) is 0 Å². The zero-order valence-corrected chi connectivity index (χ0v) is 13.1. The molecular weight excluding hydrogens is 332 g/mol. The third kappa shape index (κ3) is 3.63. The van der Waals surface area contributed by atoms with Gasteiger partial charge in [0.25, 0.3) is 5.91 Å². The van der Waals surface area contributed by atoms with Gasteiger partial charge in [0.1, 0.15) is 11.6 Å². The zero-order chi connectivity index (χ0) is 18.0. The predicted molar refractivity (Wildman–Crippen MR) is 86.7 cm³/mol. The highest BCUT2D eigenvalue weighted by molar-refractivity contribution is 6.01. The van der Waals surface area contributed by atoms with Gasteiger partial charge in [0.15, 0.2) is 12.4 Å². The second-order valence-electron chi connectivity index (χ2n) is 5.29. The molecule has 0 saturated heterocycles. The molecule has 3 aromatic rings. The Labute approximate surface area is 140 Å². The van der Waals surface area contributed by atoms with Gasteiger partial charge in [-0.25, -0.2) is 8.78 Å². The van der Waals surface area contributed by atoms with Gasteiger partial charge < -0.3 is 10.1 Å². The van der Waals surface area contributed by atoms with Crippen LogP contribution in [0.3, 0.4) is 0 Å². The van der Waals surface area contributed by atoms with Crippen molar-refractivity contribution in [2.75, 3.05) is 11.9 Å². The normalized spacial score (nSPS) is 10.7.